The molecule has 0 spiro atoms. The van der Waals surface area contributed by atoms with Crippen molar-refractivity contribution in [3.05, 3.63) is 0 Å². The van der Waals surface area contributed by atoms with Crippen LogP contribution in [0.3, 0.4) is 0 Å². The first-order chi connectivity index (χ1) is 15.2. The first kappa shape index (κ1) is 31.3. The maximum atomic E-state index is 10.0. The first-order valence-electron chi connectivity index (χ1n) is 12.0. The topological polar surface area (TPSA) is 121 Å². The largest absolute Gasteiger partial charge is 0.481 e. The van der Waals surface area contributed by atoms with E-state index in [-0.39, 0.29) is 19.3 Å². The molecule has 3 aliphatic rings. The summed E-state index contributed by atoms with van der Waals surface area (Å²) in [5, 5.41) is 24.7. The number of nitrogens with zero attached hydrogens (tertiary/aromatic N) is 3. The minimum Gasteiger partial charge on any atom is -0.481 e. The zero-order valence-electron chi connectivity index (χ0n) is 21.7. The Labute approximate surface area is 199 Å². The van der Waals surface area contributed by atoms with Crippen molar-refractivity contribution in [3.8, 4) is 0 Å². The molecule has 6 atom stereocenters. The van der Waals surface area contributed by atoms with E-state index in [4.69, 9.17) is 15.3 Å². The maximum Gasteiger partial charge on any atom is 0.304 e. The zero-order valence-corrected chi connectivity index (χ0v) is 21.7. The van der Waals surface area contributed by atoms with Crippen LogP contribution in [0.1, 0.15) is 74.1 Å². The first-order valence-corrected chi connectivity index (χ1v) is 12.0. The summed E-state index contributed by atoms with van der Waals surface area (Å²) in [5.41, 5.74) is 0.542. The molecule has 0 bridgehead atoms. The van der Waals surface area contributed by atoms with E-state index >= 15 is 0 Å². The summed E-state index contributed by atoms with van der Waals surface area (Å²) in [4.78, 5) is 36.4. The summed E-state index contributed by atoms with van der Waals surface area (Å²) < 4.78 is 0. The number of aliphatic carboxylic acids is 3. The average Bonchev–Trinajstić information content (AvgIpc) is 3.63. The van der Waals surface area contributed by atoms with Gasteiger partial charge in [-0.1, -0.05) is 34.1 Å². The van der Waals surface area contributed by atoms with Gasteiger partial charge in [0.2, 0.25) is 0 Å². The molecular weight excluding hydrogens is 426 g/mol. The van der Waals surface area contributed by atoms with E-state index in [1.54, 1.807) is 0 Å². The van der Waals surface area contributed by atoms with Crippen LogP contribution in [0.15, 0.2) is 0 Å². The highest BCUT2D eigenvalue weighted by Gasteiger charge is 2.29. The number of hydrogen-bond acceptors (Lipinski definition) is 6. The van der Waals surface area contributed by atoms with Gasteiger partial charge in [0.25, 0.3) is 0 Å². The Morgan fingerprint density at radius 3 is 0.939 bits per heavy atom. The number of carbonyl (C=O) groups is 3. The highest BCUT2D eigenvalue weighted by molar-refractivity contribution is 5.67. The van der Waals surface area contributed by atoms with Gasteiger partial charge < -0.3 is 15.3 Å². The summed E-state index contributed by atoms with van der Waals surface area (Å²) in [7, 11) is 0. The molecule has 3 heterocycles. The van der Waals surface area contributed by atoms with E-state index in [0.717, 1.165) is 39.3 Å². The third-order valence-electron chi connectivity index (χ3n) is 5.86. The van der Waals surface area contributed by atoms with Gasteiger partial charge in [-0.15, -0.1) is 0 Å². The predicted octanol–water partition coefficient (Wildman–Crippen LogP) is 2.94. The summed E-state index contributed by atoms with van der Waals surface area (Å²) in [6.07, 6.45) is 2.12. The SMILES string of the molecule is CC1CN1CCC(=O)O.CC1CN1CCC(=O)O.CC1CN1CCC(=O)O.CCC(C)(C)C. The summed E-state index contributed by atoms with van der Waals surface area (Å²) in [5.74, 6) is -2.10. The van der Waals surface area contributed by atoms with Crippen LogP contribution in [0.4, 0.5) is 0 Å². The Kier molecular flexibility index (Phi) is 14.5. The lowest BCUT2D eigenvalue weighted by atomic mass is 9.94. The number of hydrogen-bond donors (Lipinski definition) is 3. The normalized spacial score (nSPS) is 28.5. The molecule has 3 rings (SSSR count). The van der Waals surface area contributed by atoms with Crippen molar-refractivity contribution in [3.63, 3.8) is 0 Å². The minimum atomic E-state index is -0.700. The fraction of sp³-hybridized carbons (Fsp3) is 0.875. The molecule has 9 heteroatoms. The quantitative estimate of drug-likeness (QED) is 0.434. The molecule has 0 aromatic rings. The zero-order chi connectivity index (χ0) is 25.8. The van der Waals surface area contributed by atoms with Crippen LogP contribution in [0, 0.1) is 5.41 Å². The standard InChI is InChI=1S/3C6H11NO2.C6H14/c3*1-5-4-7(5)3-2-6(8)9;1-5-6(2,3)4/h3*5H,2-4H2,1H3,(H,8,9);5H2,1-4H3. The molecule has 6 unspecified atom stereocenters. The Bertz CT molecular complexity index is 536. The summed E-state index contributed by atoms with van der Waals surface area (Å²) in [6.45, 7) is 20.6. The highest BCUT2D eigenvalue weighted by atomic mass is 16.4. The number of rotatable bonds is 9. The fourth-order valence-corrected chi connectivity index (χ4v) is 2.53. The molecule has 0 radical (unpaired) electrons. The van der Waals surface area contributed by atoms with Gasteiger partial charge >= 0.3 is 17.9 Å². The summed E-state index contributed by atoms with van der Waals surface area (Å²) >= 11 is 0. The average molecular weight is 474 g/mol. The molecule has 9 nitrogen and oxygen atoms in total. The smallest absolute Gasteiger partial charge is 0.304 e. The van der Waals surface area contributed by atoms with Gasteiger partial charge in [0.15, 0.2) is 0 Å². The van der Waals surface area contributed by atoms with Crippen molar-refractivity contribution in [1.29, 1.82) is 0 Å². The lowest BCUT2D eigenvalue weighted by Crippen LogP contribution is -2.07. The predicted molar refractivity (Wildman–Crippen MR) is 130 cm³/mol. The Morgan fingerprint density at radius 2 is 0.848 bits per heavy atom. The van der Waals surface area contributed by atoms with E-state index in [0.29, 0.717) is 23.5 Å². The van der Waals surface area contributed by atoms with Gasteiger partial charge in [0, 0.05) is 57.4 Å². The number of carboxylic acid groups (broad SMARTS) is 3. The molecule has 0 aromatic carbocycles. The van der Waals surface area contributed by atoms with Crippen LogP contribution in [-0.4, -0.2) is 105 Å². The van der Waals surface area contributed by atoms with E-state index in [2.05, 4.69) is 63.2 Å². The van der Waals surface area contributed by atoms with E-state index in [9.17, 15) is 14.4 Å². The molecule has 194 valence electrons. The Hall–Kier alpha value is -1.71. The molecule has 0 aliphatic carbocycles. The second-order valence-electron chi connectivity index (χ2n) is 10.4. The molecule has 3 N–H and O–H groups in total. The summed E-state index contributed by atoms with van der Waals surface area (Å²) in [6, 6.07) is 1.89. The van der Waals surface area contributed by atoms with Crippen molar-refractivity contribution in [1.82, 2.24) is 14.7 Å². The molecule has 33 heavy (non-hydrogen) atoms. The fourth-order valence-electron chi connectivity index (χ4n) is 2.53. The Morgan fingerprint density at radius 1 is 0.667 bits per heavy atom. The second kappa shape index (κ2) is 15.2. The third kappa shape index (κ3) is 20.6. The molecular formula is C24H47N3O6. The van der Waals surface area contributed by atoms with Crippen molar-refractivity contribution in [2.45, 2.75) is 92.3 Å². The minimum absolute atomic E-state index is 0.282. The molecule has 3 aliphatic heterocycles. The van der Waals surface area contributed by atoms with Crippen molar-refractivity contribution in [2.75, 3.05) is 39.3 Å². The van der Waals surface area contributed by atoms with E-state index in [1.165, 1.54) is 6.42 Å². The van der Waals surface area contributed by atoms with Crippen LogP contribution >= 0.6 is 0 Å². The molecule has 0 saturated carbocycles. The lowest BCUT2D eigenvalue weighted by Gasteiger charge is -2.12. The van der Waals surface area contributed by atoms with Gasteiger partial charge in [0.05, 0.1) is 19.3 Å². The second-order valence-corrected chi connectivity index (χ2v) is 10.4. The highest BCUT2D eigenvalue weighted by Crippen LogP contribution is 2.17. The number of carboxylic acids is 3. The lowest BCUT2D eigenvalue weighted by molar-refractivity contribution is -0.138. The van der Waals surface area contributed by atoms with Gasteiger partial charge in [-0.2, -0.15) is 0 Å². The third-order valence-corrected chi connectivity index (χ3v) is 5.86. The van der Waals surface area contributed by atoms with Crippen molar-refractivity contribution < 1.29 is 29.7 Å². The van der Waals surface area contributed by atoms with Gasteiger partial charge in [-0.25, -0.2) is 0 Å². The van der Waals surface area contributed by atoms with Gasteiger partial charge in [0.1, 0.15) is 0 Å². The van der Waals surface area contributed by atoms with Gasteiger partial charge in [-0.3, -0.25) is 29.1 Å². The Balaban J connectivity index is 0.000000419. The van der Waals surface area contributed by atoms with Crippen LogP contribution in [0.25, 0.3) is 0 Å². The van der Waals surface area contributed by atoms with E-state index < -0.39 is 17.9 Å². The van der Waals surface area contributed by atoms with Gasteiger partial charge in [-0.05, 0) is 26.2 Å². The maximum absolute atomic E-state index is 10.0. The molecule has 0 aromatic heterocycles. The van der Waals surface area contributed by atoms with Crippen LogP contribution in [-0.2, 0) is 14.4 Å². The molecule has 0 amide bonds. The molecule has 3 saturated heterocycles. The monoisotopic (exact) mass is 473 g/mol. The molecule has 3 fully saturated rings. The van der Waals surface area contributed by atoms with Crippen LogP contribution in [0.5, 0.6) is 0 Å². The van der Waals surface area contributed by atoms with Crippen molar-refractivity contribution >= 4 is 17.9 Å². The van der Waals surface area contributed by atoms with E-state index in [1.807, 2.05) is 0 Å². The van der Waals surface area contributed by atoms with Crippen LogP contribution in [0.2, 0.25) is 0 Å². The van der Waals surface area contributed by atoms with Crippen molar-refractivity contribution in [2.24, 2.45) is 5.41 Å². The van der Waals surface area contributed by atoms with Crippen LogP contribution < -0.4 is 0 Å².